The second kappa shape index (κ2) is 4.66. The number of hydrogen-bond acceptors (Lipinski definition) is 3. The molecule has 1 aliphatic rings. The molecule has 1 aliphatic heterocycles. The van der Waals surface area contributed by atoms with Gasteiger partial charge < -0.3 is 5.11 Å². The number of benzene rings is 1. The number of rotatable bonds is 2. The monoisotopic (exact) mass is 288 g/mol. The Morgan fingerprint density at radius 2 is 2.25 bits per heavy atom. The Hall–Kier alpha value is -1.75. The van der Waals surface area contributed by atoms with Gasteiger partial charge in [0, 0.05) is 34.5 Å². The topological polar surface area (TPSA) is 55.1 Å². The van der Waals surface area contributed by atoms with Gasteiger partial charge in [0.15, 0.2) is 0 Å². The van der Waals surface area contributed by atoms with E-state index in [0.717, 1.165) is 34.7 Å². The van der Waals surface area contributed by atoms with Crippen molar-refractivity contribution in [3.63, 3.8) is 0 Å². The lowest BCUT2D eigenvalue weighted by atomic mass is 9.95. The summed E-state index contributed by atoms with van der Waals surface area (Å²) in [5, 5.41) is 14.0. The van der Waals surface area contributed by atoms with Crippen molar-refractivity contribution in [2.75, 3.05) is 0 Å². The normalized spacial score (nSPS) is 12.9. The molecule has 1 aromatic carbocycles. The fourth-order valence-electron chi connectivity index (χ4n) is 2.68. The van der Waals surface area contributed by atoms with Crippen LogP contribution in [0.25, 0.3) is 11.3 Å². The van der Waals surface area contributed by atoms with Gasteiger partial charge in [-0.1, -0.05) is 0 Å². The molecule has 0 saturated heterocycles. The van der Waals surface area contributed by atoms with Crippen LogP contribution in [-0.2, 0) is 12.3 Å². The van der Waals surface area contributed by atoms with Crippen molar-refractivity contribution in [3.05, 3.63) is 34.5 Å². The van der Waals surface area contributed by atoms with E-state index in [4.69, 9.17) is 0 Å². The van der Waals surface area contributed by atoms with E-state index >= 15 is 0 Å². The third-order valence-electron chi connectivity index (χ3n) is 3.73. The zero-order valence-electron chi connectivity index (χ0n) is 11.7. The molecule has 0 bridgehead atoms. The van der Waals surface area contributed by atoms with Gasteiger partial charge in [-0.25, -0.2) is 4.79 Å². The predicted molar refractivity (Wildman–Crippen MR) is 79.3 cm³/mol. The number of hydrogen-bond donors (Lipinski definition) is 1. The lowest BCUT2D eigenvalue weighted by molar-refractivity contribution is 0.0696. The first-order valence-electron chi connectivity index (χ1n) is 6.60. The summed E-state index contributed by atoms with van der Waals surface area (Å²) in [6, 6.07) is 1.77. The average Bonchev–Trinajstić information content (AvgIpc) is 2.84. The first kappa shape index (κ1) is 13.2. The third kappa shape index (κ3) is 1.85. The molecule has 0 unspecified atom stereocenters. The molecule has 0 fully saturated rings. The van der Waals surface area contributed by atoms with Crippen molar-refractivity contribution in [1.29, 1.82) is 0 Å². The highest BCUT2D eigenvalue weighted by atomic mass is 32.2. The van der Waals surface area contributed by atoms with Crippen LogP contribution < -0.4 is 0 Å². The number of aryl methyl sites for hydroxylation is 2. The molecule has 3 rings (SSSR count). The van der Waals surface area contributed by atoms with Crippen molar-refractivity contribution in [1.82, 2.24) is 9.78 Å². The number of nitrogens with zero attached hydrogens (tertiary/aromatic N) is 2. The van der Waals surface area contributed by atoms with Crippen LogP contribution in [0.4, 0.5) is 0 Å². The summed E-state index contributed by atoms with van der Waals surface area (Å²) in [5.74, 6) is 0.0233. The van der Waals surface area contributed by atoms with Gasteiger partial charge in [0.05, 0.1) is 11.3 Å². The van der Waals surface area contributed by atoms with Gasteiger partial charge in [0.2, 0.25) is 0 Å². The quantitative estimate of drug-likeness (QED) is 0.919. The van der Waals surface area contributed by atoms with Crippen LogP contribution in [0, 0.1) is 13.8 Å². The van der Waals surface area contributed by atoms with Crippen LogP contribution in [0.3, 0.4) is 0 Å². The van der Waals surface area contributed by atoms with E-state index in [0.29, 0.717) is 5.56 Å². The van der Waals surface area contributed by atoms with Gasteiger partial charge in [0.25, 0.3) is 0 Å². The van der Waals surface area contributed by atoms with Crippen molar-refractivity contribution in [2.24, 2.45) is 0 Å². The zero-order valence-corrected chi connectivity index (χ0v) is 12.5. The Balaban J connectivity index is 2.32. The predicted octanol–water partition coefficient (Wildman–Crippen LogP) is 3.49. The van der Waals surface area contributed by atoms with E-state index < -0.39 is 5.97 Å². The van der Waals surface area contributed by atoms with Crippen LogP contribution in [-0.4, -0.2) is 20.9 Å². The van der Waals surface area contributed by atoms with Crippen molar-refractivity contribution >= 4 is 17.7 Å². The van der Waals surface area contributed by atoms with Crippen molar-refractivity contribution in [3.8, 4) is 11.3 Å². The van der Waals surface area contributed by atoms with Gasteiger partial charge in [-0.3, -0.25) is 4.68 Å². The van der Waals surface area contributed by atoms with Crippen LogP contribution in [0.15, 0.2) is 17.2 Å². The Kier molecular flexibility index (Phi) is 3.09. The third-order valence-corrected chi connectivity index (χ3v) is 5.00. The minimum atomic E-state index is -0.875. The molecule has 2 heterocycles. The van der Waals surface area contributed by atoms with Crippen molar-refractivity contribution < 1.29 is 9.90 Å². The summed E-state index contributed by atoms with van der Waals surface area (Å²) in [6.07, 6.45) is 2.06. The number of thioether (sulfide) groups is 1. The largest absolute Gasteiger partial charge is 0.478 e. The minimum Gasteiger partial charge on any atom is -0.478 e. The second-order valence-electron chi connectivity index (χ2n) is 5.02. The lowest BCUT2D eigenvalue weighted by Crippen LogP contribution is -2.07. The van der Waals surface area contributed by atoms with E-state index in [1.54, 1.807) is 17.8 Å². The van der Waals surface area contributed by atoms with Gasteiger partial charge in [-0.2, -0.15) is 5.10 Å². The Morgan fingerprint density at radius 1 is 1.50 bits per heavy atom. The fraction of sp³-hybridized carbons (Fsp3) is 0.333. The molecule has 104 valence electrons. The molecular weight excluding hydrogens is 272 g/mol. The molecule has 0 atom stereocenters. The van der Waals surface area contributed by atoms with E-state index in [-0.39, 0.29) is 0 Å². The first-order chi connectivity index (χ1) is 9.52. The SMILES string of the molecule is CCn1cc2c(n1)-c1c(C)c(C(=O)O)cc(C)c1SC2. The highest BCUT2D eigenvalue weighted by Crippen LogP contribution is 2.45. The molecule has 4 nitrogen and oxygen atoms in total. The summed E-state index contributed by atoms with van der Waals surface area (Å²) < 4.78 is 1.92. The second-order valence-corrected chi connectivity index (χ2v) is 6.01. The van der Waals surface area contributed by atoms with E-state index in [1.807, 2.05) is 18.5 Å². The van der Waals surface area contributed by atoms with Gasteiger partial charge >= 0.3 is 5.97 Å². The van der Waals surface area contributed by atoms with E-state index in [9.17, 15) is 9.90 Å². The summed E-state index contributed by atoms with van der Waals surface area (Å²) in [7, 11) is 0. The molecule has 0 radical (unpaired) electrons. The van der Waals surface area contributed by atoms with E-state index in [1.165, 1.54) is 10.5 Å². The molecule has 0 saturated carbocycles. The average molecular weight is 288 g/mol. The van der Waals surface area contributed by atoms with Gasteiger partial charge in [0.1, 0.15) is 0 Å². The maximum Gasteiger partial charge on any atom is 0.335 e. The fourth-order valence-corrected chi connectivity index (χ4v) is 3.87. The van der Waals surface area contributed by atoms with Gasteiger partial charge in [-0.15, -0.1) is 11.8 Å². The summed E-state index contributed by atoms with van der Waals surface area (Å²) >= 11 is 1.77. The minimum absolute atomic E-state index is 0.376. The Bertz CT molecular complexity index is 719. The van der Waals surface area contributed by atoms with Gasteiger partial charge in [-0.05, 0) is 38.0 Å². The first-order valence-corrected chi connectivity index (χ1v) is 7.58. The number of fused-ring (bicyclic) bond motifs is 3. The van der Waals surface area contributed by atoms with Crippen LogP contribution in [0.5, 0.6) is 0 Å². The van der Waals surface area contributed by atoms with E-state index in [2.05, 4.69) is 18.2 Å². The lowest BCUT2D eigenvalue weighted by Gasteiger charge is -2.20. The Morgan fingerprint density at radius 3 is 2.90 bits per heavy atom. The molecule has 0 amide bonds. The van der Waals surface area contributed by atoms with Crippen LogP contribution in [0.2, 0.25) is 0 Å². The van der Waals surface area contributed by atoms with Crippen molar-refractivity contribution in [2.45, 2.75) is 38.0 Å². The molecule has 2 aromatic rings. The molecule has 0 aliphatic carbocycles. The summed E-state index contributed by atoms with van der Waals surface area (Å²) in [5.41, 5.74) is 5.35. The highest BCUT2D eigenvalue weighted by molar-refractivity contribution is 7.98. The number of carboxylic acid groups (broad SMARTS) is 1. The zero-order chi connectivity index (χ0) is 14.4. The summed E-state index contributed by atoms with van der Waals surface area (Å²) in [6.45, 7) is 6.73. The molecular formula is C15H16N2O2S. The Labute approximate surface area is 121 Å². The summed E-state index contributed by atoms with van der Waals surface area (Å²) in [4.78, 5) is 12.6. The molecule has 1 N–H and O–H groups in total. The number of carboxylic acids is 1. The maximum atomic E-state index is 11.4. The molecule has 5 heteroatoms. The number of carbonyl (C=O) groups is 1. The number of aromatic carboxylic acids is 1. The standard InChI is InChI=1S/C15H16N2O2S/c1-4-17-6-10-7-20-14-8(2)5-11(15(18)19)9(3)12(14)13(10)16-17/h5-6H,4,7H2,1-3H3,(H,18,19). The smallest absolute Gasteiger partial charge is 0.335 e. The molecule has 1 aromatic heterocycles. The molecule has 0 spiro atoms. The highest BCUT2D eigenvalue weighted by Gasteiger charge is 2.26. The maximum absolute atomic E-state index is 11.4. The van der Waals surface area contributed by atoms with Crippen LogP contribution >= 0.6 is 11.8 Å². The number of aromatic nitrogens is 2. The molecule has 20 heavy (non-hydrogen) atoms. The van der Waals surface area contributed by atoms with Crippen LogP contribution in [0.1, 0.15) is 34.0 Å².